The van der Waals surface area contributed by atoms with E-state index < -0.39 is 6.04 Å². The number of tetrazole rings is 1. The number of rotatable bonds is 9. The molecule has 0 aliphatic carbocycles. The third kappa shape index (κ3) is 5.13. The topological polar surface area (TPSA) is 102 Å². The zero-order valence-electron chi connectivity index (χ0n) is 20.5. The number of hydrogen-bond acceptors (Lipinski definition) is 8. The number of pyridine rings is 1. The van der Waals surface area contributed by atoms with E-state index in [1.165, 1.54) is 4.88 Å². The van der Waals surface area contributed by atoms with Crippen molar-refractivity contribution in [1.29, 1.82) is 0 Å². The maximum absolute atomic E-state index is 13.6. The zero-order chi connectivity index (χ0) is 25.2. The number of thiophene rings is 1. The van der Waals surface area contributed by atoms with Crippen LogP contribution in [0.1, 0.15) is 46.5 Å². The van der Waals surface area contributed by atoms with Crippen LogP contribution in [0.5, 0.6) is 0 Å². The molecule has 0 spiro atoms. The molecule has 0 saturated carbocycles. The van der Waals surface area contributed by atoms with Gasteiger partial charge in [-0.25, -0.2) is 4.68 Å². The van der Waals surface area contributed by atoms with Crippen LogP contribution >= 0.6 is 11.3 Å². The van der Waals surface area contributed by atoms with E-state index >= 15 is 0 Å². The van der Waals surface area contributed by atoms with E-state index in [0.29, 0.717) is 31.0 Å². The van der Waals surface area contributed by atoms with Crippen LogP contribution in [0, 0.1) is 6.92 Å². The first kappa shape index (κ1) is 23.8. The van der Waals surface area contributed by atoms with E-state index in [1.54, 1.807) is 22.3 Å². The second kappa shape index (κ2) is 10.4. The van der Waals surface area contributed by atoms with Gasteiger partial charge in [0.15, 0.2) is 5.82 Å². The van der Waals surface area contributed by atoms with E-state index in [-0.39, 0.29) is 11.7 Å². The smallest absolute Gasteiger partial charge is 0.253 e. The molecule has 5 aromatic rings. The number of ether oxygens (including phenoxy) is 1. The molecule has 0 amide bonds. The molecule has 1 N–H and O–H groups in total. The average molecular weight is 517 g/mol. The summed E-state index contributed by atoms with van der Waals surface area (Å²) in [5.74, 6) is 1.41. The minimum absolute atomic E-state index is 0.0524. The van der Waals surface area contributed by atoms with Crippen molar-refractivity contribution < 1.29 is 9.15 Å². The number of furan rings is 1. The Bertz CT molecular complexity index is 1480. The summed E-state index contributed by atoms with van der Waals surface area (Å²) in [4.78, 5) is 20.1. The summed E-state index contributed by atoms with van der Waals surface area (Å²) < 4.78 is 13.4. The summed E-state index contributed by atoms with van der Waals surface area (Å²) in [5, 5.41) is 15.8. The molecule has 10 heteroatoms. The predicted molar refractivity (Wildman–Crippen MR) is 140 cm³/mol. The highest BCUT2D eigenvalue weighted by molar-refractivity contribution is 7.09. The molecule has 4 aromatic heterocycles. The Labute approximate surface area is 217 Å². The van der Waals surface area contributed by atoms with Crippen LogP contribution < -0.4 is 5.56 Å². The van der Waals surface area contributed by atoms with Crippen LogP contribution in [0.3, 0.4) is 0 Å². The number of aromatic amines is 1. The van der Waals surface area contributed by atoms with Gasteiger partial charge in [0.25, 0.3) is 5.56 Å². The molecule has 6 rings (SSSR count). The molecule has 190 valence electrons. The fourth-order valence-corrected chi connectivity index (χ4v) is 5.73. The Morgan fingerprint density at radius 1 is 1.22 bits per heavy atom. The third-order valence-electron chi connectivity index (χ3n) is 6.77. The van der Waals surface area contributed by atoms with Crippen LogP contribution in [0.15, 0.2) is 69.4 Å². The molecule has 0 unspecified atom stereocenters. The quantitative estimate of drug-likeness (QED) is 0.309. The van der Waals surface area contributed by atoms with E-state index in [4.69, 9.17) is 9.15 Å². The number of aromatic nitrogens is 5. The lowest BCUT2D eigenvalue weighted by Gasteiger charge is -2.30. The second-order valence-corrected chi connectivity index (χ2v) is 10.5. The van der Waals surface area contributed by atoms with Gasteiger partial charge in [0.2, 0.25) is 0 Å². The van der Waals surface area contributed by atoms with Crippen molar-refractivity contribution in [2.75, 3.05) is 6.61 Å². The summed E-state index contributed by atoms with van der Waals surface area (Å²) in [6.45, 7) is 4.38. The lowest BCUT2D eigenvalue weighted by molar-refractivity contribution is 0.0901. The molecule has 2 atom stereocenters. The molecule has 1 fully saturated rings. The second-order valence-electron chi connectivity index (χ2n) is 9.46. The standard InChI is InChI=1S/C27H28N6O3S/c1-18-8-9-19-14-23(27(34)28-24(19)13-18)25(26-29-30-31-33(26)16-21-6-3-11-36-21)32(15-20-5-2-10-35-20)17-22-7-4-12-37-22/h2,4-5,7-10,12-14,21,25H,3,6,11,15-17H2,1H3,(H,28,34)/t21-,25+/m1/s1. The van der Waals surface area contributed by atoms with Crippen LogP contribution in [-0.4, -0.2) is 42.8 Å². The Morgan fingerprint density at radius 2 is 2.16 bits per heavy atom. The van der Waals surface area contributed by atoms with Gasteiger partial charge in [-0.05, 0) is 76.9 Å². The number of benzene rings is 1. The summed E-state index contributed by atoms with van der Waals surface area (Å²) in [6.07, 6.45) is 3.71. The molecule has 1 aliphatic rings. The number of nitrogens with one attached hydrogen (secondary N) is 1. The van der Waals surface area contributed by atoms with Crippen LogP contribution in [0.2, 0.25) is 0 Å². The molecule has 1 saturated heterocycles. The minimum atomic E-state index is -0.516. The van der Waals surface area contributed by atoms with Crippen molar-refractivity contribution >= 4 is 22.2 Å². The number of hydrogen-bond donors (Lipinski definition) is 1. The normalized spacial score (nSPS) is 16.6. The molecule has 1 aliphatic heterocycles. The average Bonchev–Trinajstić information content (AvgIpc) is 3.70. The molecule has 37 heavy (non-hydrogen) atoms. The third-order valence-corrected chi connectivity index (χ3v) is 7.63. The first-order valence-corrected chi connectivity index (χ1v) is 13.3. The molecule has 9 nitrogen and oxygen atoms in total. The van der Waals surface area contributed by atoms with Gasteiger partial charge in [-0.1, -0.05) is 18.2 Å². The van der Waals surface area contributed by atoms with Crippen molar-refractivity contribution in [3.63, 3.8) is 0 Å². The van der Waals surface area contributed by atoms with E-state index in [9.17, 15) is 4.79 Å². The van der Waals surface area contributed by atoms with Crippen LogP contribution in [0.25, 0.3) is 10.9 Å². The van der Waals surface area contributed by atoms with Gasteiger partial charge < -0.3 is 14.1 Å². The van der Waals surface area contributed by atoms with E-state index in [0.717, 1.165) is 41.7 Å². The highest BCUT2D eigenvalue weighted by atomic mass is 32.1. The van der Waals surface area contributed by atoms with Gasteiger partial charge in [0.05, 0.1) is 25.5 Å². The Morgan fingerprint density at radius 3 is 2.95 bits per heavy atom. The molecular weight excluding hydrogens is 488 g/mol. The van der Waals surface area contributed by atoms with Crippen molar-refractivity contribution in [3.05, 3.63) is 98.1 Å². The highest BCUT2D eigenvalue weighted by Crippen LogP contribution is 2.31. The Hall–Kier alpha value is -3.60. The van der Waals surface area contributed by atoms with Crippen molar-refractivity contribution in [2.45, 2.75) is 51.5 Å². The van der Waals surface area contributed by atoms with Crippen molar-refractivity contribution in [1.82, 2.24) is 30.1 Å². The number of fused-ring (bicyclic) bond motifs is 1. The fourth-order valence-electron chi connectivity index (χ4n) is 5.00. The monoisotopic (exact) mass is 516 g/mol. The van der Waals surface area contributed by atoms with Gasteiger partial charge in [-0.15, -0.1) is 16.4 Å². The van der Waals surface area contributed by atoms with Crippen LogP contribution in [0.4, 0.5) is 0 Å². The first-order chi connectivity index (χ1) is 18.1. The van der Waals surface area contributed by atoms with Gasteiger partial charge in [0.1, 0.15) is 11.8 Å². The molecule has 1 aromatic carbocycles. The Balaban J connectivity index is 1.49. The predicted octanol–water partition coefficient (Wildman–Crippen LogP) is 4.45. The molecular formula is C27H28N6O3S. The fraction of sp³-hybridized carbons (Fsp3) is 0.333. The summed E-state index contributed by atoms with van der Waals surface area (Å²) in [6, 6.07) is 15.5. The number of nitrogens with zero attached hydrogens (tertiary/aromatic N) is 5. The zero-order valence-corrected chi connectivity index (χ0v) is 21.4. The van der Waals surface area contributed by atoms with Gasteiger partial charge in [-0.3, -0.25) is 9.69 Å². The maximum atomic E-state index is 13.6. The van der Waals surface area contributed by atoms with Gasteiger partial charge in [0, 0.05) is 29.1 Å². The SMILES string of the molecule is Cc1ccc2cc([C@@H](c3nnnn3C[C@H]3CCCO3)N(Cc3ccco3)Cc3cccs3)c(=O)[nH]c2c1. The summed E-state index contributed by atoms with van der Waals surface area (Å²) in [7, 11) is 0. The minimum Gasteiger partial charge on any atom is -0.468 e. The number of aryl methyl sites for hydroxylation is 1. The van der Waals surface area contributed by atoms with Gasteiger partial charge >= 0.3 is 0 Å². The molecule has 0 bridgehead atoms. The van der Waals surface area contributed by atoms with Crippen molar-refractivity contribution in [3.8, 4) is 0 Å². The van der Waals surface area contributed by atoms with E-state index in [2.05, 4.69) is 36.9 Å². The lowest BCUT2D eigenvalue weighted by atomic mass is 10.0. The molecule has 0 radical (unpaired) electrons. The number of H-pyrrole nitrogens is 1. The van der Waals surface area contributed by atoms with Gasteiger partial charge in [-0.2, -0.15) is 0 Å². The lowest BCUT2D eigenvalue weighted by Crippen LogP contribution is -2.35. The summed E-state index contributed by atoms with van der Waals surface area (Å²) >= 11 is 1.68. The Kier molecular flexibility index (Phi) is 6.69. The van der Waals surface area contributed by atoms with Crippen LogP contribution in [-0.2, 0) is 24.4 Å². The first-order valence-electron chi connectivity index (χ1n) is 12.4. The highest BCUT2D eigenvalue weighted by Gasteiger charge is 2.32. The van der Waals surface area contributed by atoms with Crippen molar-refractivity contribution in [2.24, 2.45) is 0 Å². The summed E-state index contributed by atoms with van der Waals surface area (Å²) in [5.41, 5.74) is 2.32. The molecule has 5 heterocycles. The maximum Gasteiger partial charge on any atom is 0.253 e. The van der Waals surface area contributed by atoms with E-state index in [1.807, 2.05) is 49.4 Å². The largest absolute Gasteiger partial charge is 0.468 e.